The van der Waals surface area contributed by atoms with E-state index in [4.69, 9.17) is 4.52 Å². The Labute approximate surface area is 146 Å². The molecule has 2 atom stereocenters. The van der Waals surface area contributed by atoms with Gasteiger partial charge in [-0.2, -0.15) is 0 Å². The molecule has 2 rings (SSSR count). The van der Waals surface area contributed by atoms with Crippen LogP contribution >= 0.6 is 0 Å². The van der Waals surface area contributed by atoms with Gasteiger partial charge in [-0.25, -0.2) is 8.78 Å². The Morgan fingerprint density at radius 3 is 2.52 bits per heavy atom. The van der Waals surface area contributed by atoms with Gasteiger partial charge in [0.2, 0.25) is 0 Å². The van der Waals surface area contributed by atoms with E-state index in [0.29, 0.717) is 18.1 Å². The normalized spacial score (nSPS) is 14.3. The van der Waals surface area contributed by atoms with Crippen LogP contribution in [0.1, 0.15) is 48.4 Å². The quantitative estimate of drug-likeness (QED) is 0.639. The lowest BCUT2D eigenvalue weighted by molar-refractivity contribution is 0.391. The molecule has 25 heavy (non-hydrogen) atoms. The molecule has 136 valence electrons. The van der Waals surface area contributed by atoms with Crippen molar-refractivity contribution in [1.82, 2.24) is 15.8 Å². The van der Waals surface area contributed by atoms with E-state index in [0.717, 1.165) is 23.1 Å². The van der Waals surface area contributed by atoms with Gasteiger partial charge in [-0.1, -0.05) is 18.1 Å². The van der Waals surface area contributed by atoms with Crippen LogP contribution in [-0.2, 0) is 0 Å². The molecule has 0 aliphatic carbocycles. The van der Waals surface area contributed by atoms with Gasteiger partial charge >= 0.3 is 0 Å². The molecule has 0 spiro atoms. The van der Waals surface area contributed by atoms with Gasteiger partial charge in [0.25, 0.3) is 0 Å². The Hall–Kier alpha value is -2.44. The number of nitrogens with one attached hydrogen (secondary N) is 2. The second kappa shape index (κ2) is 8.09. The second-order valence-corrected chi connectivity index (χ2v) is 6.13. The van der Waals surface area contributed by atoms with E-state index in [-0.39, 0.29) is 12.0 Å². The van der Waals surface area contributed by atoms with Gasteiger partial charge in [-0.05, 0) is 38.5 Å². The molecule has 0 amide bonds. The van der Waals surface area contributed by atoms with E-state index in [1.807, 2.05) is 20.8 Å². The first kappa shape index (κ1) is 18.9. The van der Waals surface area contributed by atoms with Crippen molar-refractivity contribution in [3.63, 3.8) is 0 Å². The van der Waals surface area contributed by atoms with Crippen LogP contribution in [0.3, 0.4) is 0 Å². The van der Waals surface area contributed by atoms with Gasteiger partial charge in [-0.15, -0.1) is 0 Å². The third-order valence-corrected chi connectivity index (χ3v) is 4.18. The zero-order valence-electron chi connectivity index (χ0n) is 15.2. The first-order chi connectivity index (χ1) is 11.8. The molecule has 1 aromatic carbocycles. The second-order valence-electron chi connectivity index (χ2n) is 6.13. The van der Waals surface area contributed by atoms with E-state index in [2.05, 4.69) is 27.7 Å². The Morgan fingerprint density at radius 1 is 1.24 bits per heavy atom. The number of aliphatic imine (C=N–C) groups is 1. The number of rotatable bonds is 5. The summed E-state index contributed by atoms with van der Waals surface area (Å²) in [6.45, 7) is 8.38. The third kappa shape index (κ3) is 4.55. The molecule has 5 nitrogen and oxygen atoms in total. The fraction of sp³-hybridized carbons (Fsp3) is 0.444. The van der Waals surface area contributed by atoms with Crippen LogP contribution in [0.25, 0.3) is 0 Å². The largest absolute Gasteiger partial charge is 0.361 e. The highest BCUT2D eigenvalue weighted by Crippen LogP contribution is 2.22. The number of hydrogen-bond acceptors (Lipinski definition) is 3. The Balaban J connectivity index is 1.97. The molecule has 2 unspecified atom stereocenters. The summed E-state index contributed by atoms with van der Waals surface area (Å²) in [5.74, 6) is -0.142. The number of nitrogens with zero attached hydrogens (tertiary/aromatic N) is 2. The van der Waals surface area contributed by atoms with Crippen molar-refractivity contribution in [2.75, 3.05) is 13.6 Å². The van der Waals surface area contributed by atoms with Gasteiger partial charge < -0.3 is 15.2 Å². The zero-order chi connectivity index (χ0) is 18.6. The van der Waals surface area contributed by atoms with Crippen molar-refractivity contribution in [1.29, 1.82) is 0 Å². The monoisotopic (exact) mass is 350 g/mol. The summed E-state index contributed by atoms with van der Waals surface area (Å²) < 4.78 is 31.6. The maximum atomic E-state index is 13.4. The van der Waals surface area contributed by atoms with Crippen LogP contribution in [0, 0.1) is 25.5 Å². The van der Waals surface area contributed by atoms with Crippen molar-refractivity contribution < 1.29 is 13.3 Å². The van der Waals surface area contributed by atoms with Crippen LogP contribution in [0.5, 0.6) is 0 Å². The van der Waals surface area contributed by atoms with Crippen LogP contribution in [0.4, 0.5) is 8.78 Å². The third-order valence-electron chi connectivity index (χ3n) is 4.18. The molecular formula is C18H24F2N4O. The van der Waals surface area contributed by atoms with Gasteiger partial charge in [0, 0.05) is 25.1 Å². The molecule has 0 aliphatic heterocycles. The van der Waals surface area contributed by atoms with E-state index in [9.17, 15) is 8.78 Å². The van der Waals surface area contributed by atoms with Crippen molar-refractivity contribution in [3.8, 4) is 0 Å². The minimum atomic E-state index is -0.860. The van der Waals surface area contributed by atoms with Gasteiger partial charge in [0.1, 0.15) is 5.76 Å². The van der Waals surface area contributed by atoms with Gasteiger partial charge in [-0.3, -0.25) is 4.99 Å². The number of aryl methyl sites for hydroxylation is 2. The maximum Gasteiger partial charge on any atom is 0.191 e. The van der Waals surface area contributed by atoms with Crippen molar-refractivity contribution in [2.24, 2.45) is 4.99 Å². The summed E-state index contributed by atoms with van der Waals surface area (Å²) in [4.78, 5) is 4.18. The minimum absolute atomic E-state index is 0.184. The molecule has 2 N–H and O–H groups in total. The first-order valence-electron chi connectivity index (χ1n) is 8.18. The van der Waals surface area contributed by atoms with Crippen molar-refractivity contribution in [3.05, 3.63) is 52.4 Å². The van der Waals surface area contributed by atoms with E-state index in [1.54, 1.807) is 13.1 Å². The smallest absolute Gasteiger partial charge is 0.191 e. The summed E-state index contributed by atoms with van der Waals surface area (Å²) in [6.07, 6.45) is 0. The molecule has 0 saturated heterocycles. The zero-order valence-corrected chi connectivity index (χ0v) is 15.2. The maximum absolute atomic E-state index is 13.4. The predicted molar refractivity (Wildman–Crippen MR) is 93.7 cm³/mol. The van der Waals surface area contributed by atoms with E-state index in [1.165, 1.54) is 6.07 Å². The molecule has 0 saturated carbocycles. The molecule has 7 heteroatoms. The summed E-state index contributed by atoms with van der Waals surface area (Å²) in [6, 6.07) is 3.64. The number of guanidine groups is 1. The predicted octanol–water partition coefficient (Wildman–Crippen LogP) is 3.60. The highest BCUT2D eigenvalue weighted by molar-refractivity contribution is 5.80. The molecular weight excluding hydrogens is 326 g/mol. The SMILES string of the molecule is CN=C(NCC(C)c1c(C)noc1C)NC(C)c1ccc(F)c(F)c1. The standard InChI is InChI=1S/C18H24F2N4O/c1-10(17-12(3)24-25-13(17)4)9-22-18(21-5)23-11(2)14-6-7-15(19)16(20)8-14/h6-8,10-11H,9H2,1-5H3,(H2,21,22,23). The average Bonchev–Trinajstić information content (AvgIpc) is 2.92. The number of hydrogen-bond donors (Lipinski definition) is 2. The molecule has 2 aromatic rings. The lowest BCUT2D eigenvalue weighted by atomic mass is 10.00. The number of benzene rings is 1. The van der Waals surface area contributed by atoms with Gasteiger partial charge in [0.15, 0.2) is 17.6 Å². The van der Waals surface area contributed by atoms with E-state index < -0.39 is 11.6 Å². The summed E-state index contributed by atoms with van der Waals surface area (Å²) in [5, 5.41) is 10.4. The lowest BCUT2D eigenvalue weighted by Crippen LogP contribution is -2.40. The molecule has 0 fully saturated rings. The molecule has 0 bridgehead atoms. The minimum Gasteiger partial charge on any atom is -0.361 e. The highest BCUT2D eigenvalue weighted by atomic mass is 19.2. The molecule has 1 aromatic heterocycles. The Bertz CT molecular complexity index is 738. The van der Waals surface area contributed by atoms with Crippen molar-refractivity contribution in [2.45, 2.75) is 39.7 Å². The van der Waals surface area contributed by atoms with Crippen LogP contribution in [0.15, 0.2) is 27.7 Å². The summed E-state index contributed by atoms with van der Waals surface area (Å²) in [5.41, 5.74) is 2.60. The Morgan fingerprint density at radius 2 is 1.96 bits per heavy atom. The first-order valence-corrected chi connectivity index (χ1v) is 8.18. The summed E-state index contributed by atoms with van der Waals surface area (Å²) in [7, 11) is 1.66. The number of aromatic nitrogens is 1. The van der Waals surface area contributed by atoms with Crippen molar-refractivity contribution >= 4 is 5.96 Å². The fourth-order valence-electron chi connectivity index (χ4n) is 2.81. The topological polar surface area (TPSA) is 62.5 Å². The molecule has 0 radical (unpaired) electrons. The van der Waals surface area contributed by atoms with Crippen LogP contribution in [0.2, 0.25) is 0 Å². The highest BCUT2D eigenvalue weighted by Gasteiger charge is 2.17. The average molecular weight is 350 g/mol. The van der Waals surface area contributed by atoms with Crippen LogP contribution in [-0.4, -0.2) is 24.7 Å². The summed E-state index contributed by atoms with van der Waals surface area (Å²) >= 11 is 0. The molecule has 1 heterocycles. The van der Waals surface area contributed by atoms with E-state index >= 15 is 0 Å². The lowest BCUT2D eigenvalue weighted by Gasteiger charge is -2.20. The Kier molecular flexibility index (Phi) is 6.12. The number of halogens is 2. The van der Waals surface area contributed by atoms with Crippen LogP contribution < -0.4 is 10.6 Å². The fourth-order valence-corrected chi connectivity index (χ4v) is 2.81. The molecule has 0 aliphatic rings. The van der Waals surface area contributed by atoms with Gasteiger partial charge in [0.05, 0.1) is 11.7 Å².